The molecule has 0 aliphatic carbocycles. The van der Waals surface area contributed by atoms with Crippen LogP contribution in [-0.4, -0.2) is 22.3 Å². The highest BCUT2D eigenvalue weighted by atomic mass is 16.3. The van der Waals surface area contributed by atoms with Crippen molar-refractivity contribution in [2.24, 2.45) is 5.73 Å². The van der Waals surface area contributed by atoms with E-state index in [1.165, 1.54) is 22.9 Å². The van der Waals surface area contributed by atoms with E-state index >= 15 is 0 Å². The summed E-state index contributed by atoms with van der Waals surface area (Å²) in [5.41, 5.74) is 5.34. The van der Waals surface area contributed by atoms with Crippen LogP contribution in [0.1, 0.15) is 5.56 Å². The van der Waals surface area contributed by atoms with Crippen molar-refractivity contribution in [3.05, 3.63) is 34.2 Å². The molecule has 5 heteroatoms. The monoisotopic (exact) mass is 193 g/mol. The van der Waals surface area contributed by atoms with E-state index in [-0.39, 0.29) is 18.6 Å². The van der Waals surface area contributed by atoms with Gasteiger partial charge in [-0.05, 0) is 6.07 Å². The SMILES string of the molecule is N#Cc1ccc(=O)n(C[C@@H](O)CN)c1. The first-order valence-corrected chi connectivity index (χ1v) is 4.16. The molecule has 0 aliphatic rings. The molecule has 0 radical (unpaired) electrons. The van der Waals surface area contributed by atoms with Crippen LogP contribution in [0, 0.1) is 11.3 Å². The number of aliphatic hydroxyl groups is 1. The van der Waals surface area contributed by atoms with Gasteiger partial charge in [0.2, 0.25) is 0 Å². The standard InChI is InChI=1S/C9H11N3O2/c10-3-7-1-2-9(14)12(5-7)6-8(13)4-11/h1-2,5,8,13H,4,6,11H2/t8-/m0/s1. The molecule has 0 saturated carbocycles. The Kier molecular flexibility index (Phi) is 3.40. The van der Waals surface area contributed by atoms with Crippen LogP contribution in [0.25, 0.3) is 0 Å². The molecule has 0 aromatic carbocycles. The molecular weight excluding hydrogens is 182 g/mol. The molecule has 0 unspecified atom stereocenters. The van der Waals surface area contributed by atoms with Crippen LogP contribution < -0.4 is 11.3 Å². The normalized spacial score (nSPS) is 12.1. The zero-order valence-electron chi connectivity index (χ0n) is 7.55. The second kappa shape index (κ2) is 4.56. The first-order chi connectivity index (χ1) is 6.67. The smallest absolute Gasteiger partial charge is 0.250 e. The summed E-state index contributed by atoms with van der Waals surface area (Å²) in [7, 11) is 0. The van der Waals surface area contributed by atoms with E-state index in [4.69, 9.17) is 11.0 Å². The lowest BCUT2D eigenvalue weighted by Gasteiger charge is -2.09. The average Bonchev–Trinajstić information content (AvgIpc) is 2.21. The van der Waals surface area contributed by atoms with Gasteiger partial charge in [0.1, 0.15) is 6.07 Å². The first kappa shape index (κ1) is 10.4. The summed E-state index contributed by atoms with van der Waals surface area (Å²) in [6, 6.07) is 4.64. The number of aromatic nitrogens is 1. The molecule has 74 valence electrons. The Balaban J connectivity index is 2.96. The Morgan fingerprint density at radius 1 is 1.64 bits per heavy atom. The summed E-state index contributed by atoms with van der Waals surface area (Å²) < 4.78 is 1.27. The molecule has 1 aromatic rings. The van der Waals surface area contributed by atoms with Gasteiger partial charge >= 0.3 is 0 Å². The van der Waals surface area contributed by atoms with Crippen molar-refractivity contribution in [3.63, 3.8) is 0 Å². The average molecular weight is 193 g/mol. The molecule has 0 bridgehead atoms. The molecule has 1 heterocycles. The third-order valence-electron chi connectivity index (χ3n) is 1.79. The van der Waals surface area contributed by atoms with Crippen LogP contribution in [-0.2, 0) is 6.54 Å². The van der Waals surface area contributed by atoms with Gasteiger partial charge in [-0.1, -0.05) is 0 Å². The Bertz CT molecular complexity index is 405. The highest BCUT2D eigenvalue weighted by Crippen LogP contribution is 1.94. The van der Waals surface area contributed by atoms with Crippen LogP contribution in [0.2, 0.25) is 0 Å². The van der Waals surface area contributed by atoms with Crippen molar-refractivity contribution in [2.75, 3.05) is 6.54 Å². The molecule has 0 spiro atoms. The van der Waals surface area contributed by atoms with Crippen LogP contribution in [0.3, 0.4) is 0 Å². The van der Waals surface area contributed by atoms with Crippen LogP contribution in [0.15, 0.2) is 23.1 Å². The minimum Gasteiger partial charge on any atom is -0.390 e. The topological polar surface area (TPSA) is 92.0 Å². The molecule has 0 aliphatic heterocycles. The third-order valence-corrected chi connectivity index (χ3v) is 1.79. The Hall–Kier alpha value is -1.64. The molecule has 0 saturated heterocycles. The molecular formula is C9H11N3O2. The van der Waals surface area contributed by atoms with E-state index in [1.54, 1.807) is 0 Å². The second-order valence-electron chi connectivity index (χ2n) is 2.91. The highest BCUT2D eigenvalue weighted by Gasteiger charge is 2.04. The number of hydrogen-bond acceptors (Lipinski definition) is 4. The van der Waals surface area contributed by atoms with E-state index in [1.807, 2.05) is 6.07 Å². The van der Waals surface area contributed by atoms with E-state index in [2.05, 4.69) is 0 Å². The summed E-state index contributed by atoms with van der Waals surface area (Å²) in [6.45, 7) is 0.202. The van der Waals surface area contributed by atoms with Crippen molar-refractivity contribution in [3.8, 4) is 6.07 Å². The van der Waals surface area contributed by atoms with Gasteiger partial charge in [0, 0.05) is 18.8 Å². The predicted octanol–water partition coefficient (Wildman–Crippen LogP) is -0.960. The lowest BCUT2D eigenvalue weighted by molar-refractivity contribution is 0.160. The van der Waals surface area contributed by atoms with Gasteiger partial charge in [0.25, 0.3) is 5.56 Å². The Labute approximate surface area is 81.0 Å². The van der Waals surface area contributed by atoms with Crippen molar-refractivity contribution < 1.29 is 5.11 Å². The van der Waals surface area contributed by atoms with Gasteiger partial charge in [-0.15, -0.1) is 0 Å². The van der Waals surface area contributed by atoms with Crippen LogP contribution in [0.5, 0.6) is 0 Å². The quantitative estimate of drug-likeness (QED) is 0.646. The van der Waals surface area contributed by atoms with Gasteiger partial charge in [-0.25, -0.2) is 0 Å². The van der Waals surface area contributed by atoms with Gasteiger partial charge in [-0.3, -0.25) is 4.79 Å². The van der Waals surface area contributed by atoms with E-state index in [0.29, 0.717) is 5.56 Å². The summed E-state index contributed by atoms with van der Waals surface area (Å²) >= 11 is 0. The van der Waals surface area contributed by atoms with E-state index in [0.717, 1.165) is 0 Å². The summed E-state index contributed by atoms with van der Waals surface area (Å²) in [6.07, 6.45) is 0.642. The fourth-order valence-corrected chi connectivity index (χ4v) is 1.04. The molecule has 3 N–H and O–H groups in total. The minimum absolute atomic E-state index is 0.0865. The number of nitrogens with zero attached hydrogens (tertiary/aromatic N) is 2. The molecule has 1 rings (SSSR count). The van der Waals surface area contributed by atoms with Crippen molar-refractivity contribution in [2.45, 2.75) is 12.6 Å². The van der Waals surface area contributed by atoms with Gasteiger partial charge < -0.3 is 15.4 Å². The Morgan fingerprint density at radius 3 is 2.93 bits per heavy atom. The lowest BCUT2D eigenvalue weighted by Crippen LogP contribution is -2.30. The number of nitriles is 1. The summed E-state index contributed by atoms with van der Waals surface area (Å²) in [5, 5.41) is 17.8. The molecule has 1 aromatic heterocycles. The number of rotatable bonds is 3. The fraction of sp³-hybridized carbons (Fsp3) is 0.333. The van der Waals surface area contributed by atoms with Gasteiger partial charge in [-0.2, -0.15) is 5.26 Å². The van der Waals surface area contributed by atoms with Gasteiger partial charge in [0.05, 0.1) is 18.2 Å². The minimum atomic E-state index is -0.762. The summed E-state index contributed by atoms with van der Waals surface area (Å²) in [4.78, 5) is 11.2. The maximum Gasteiger partial charge on any atom is 0.250 e. The molecule has 14 heavy (non-hydrogen) atoms. The predicted molar refractivity (Wildman–Crippen MR) is 50.5 cm³/mol. The second-order valence-corrected chi connectivity index (χ2v) is 2.91. The first-order valence-electron chi connectivity index (χ1n) is 4.16. The van der Waals surface area contributed by atoms with Crippen molar-refractivity contribution >= 4 is 0 Å². The van der Waals surface area contributed by atoms with Crippen LogP contribution >= 0.6 is 0 Å². The Morgan fingerprint density at radius 2 is 2.36 bits per heavy atom. The number of hydrogen-bond donors (Lipinski definition) is 2. The largest absolute Gasteiger partial charge is 0.390 e. The molecule has 0 fully saturated rings. The molecule has 5 nitrogen and oxygen atoms in total. The summed E-state index contributed by atoms with van der Waals surface area (Å²) in [5.74, 6) is 0. The number of nitrogens with two attached hydrogens (primary N) is 1. The third kappa shape index (κ3) is 2.42. The zero-order chi connectivity index (χ0) is 10.6. The number of aliphatic hydroxyl groups excluding tert-OH is 1. The number of pyridine rings is 1. The zero-order valence-corrected chi connectivity index (χ0v) is 7.55. The van der Waals surface area contributed by atoms with Crippen molar-refractivity contribution in [1.82, 2.24) is 4.57 Å². The maximum atomic E-state index is 11.2. The molecule has 1 atom stereocenters. The van der Waals surface area contributed by atoms with E-state index < -0.39 is 6.10 Å². The maximum absolute atomic E-state index is 11.2. The van der Waals surface area contributed by atoms with Crippen molar-refractivity contribution in [1.29, 1.82) is 5.26 Å². The lowest BCUT2D eigenvalue weighted by atomic mass is 10.3. The van der Waals surface area contributed by atoms with E-state index in [9.17, 15) is 9.90 Å². The highest BCUT2D eigenvalue weighted by molar-refractivity contribution is 5.24. The van der Waals surface area contributed by atoms with Gasteiger partial charge in [0.15, 0.2) is 0 Å². The molecule has 0 amide bonds. The van der Waals surface area contributed by atoms with Crippen LogP contribution in [0.4, 0.5) is 0 Å². The fourth-order valence-electron chi connectivity index (χ4n) is 1.04.